The number of fused-ring (bicyclic) bond motifs is 5. The monoisotopic (exact) mass is 400 g/mol. The molecule has 0 fully saturated rings. The quantitative estimate of drug-likeness (QED) is 0.272. The lowest BCUT2D eigenvalue weighted by atomic mass is 9.97. The average molecular weight is 401 g/mol. The van der Waals surface area contributed by atoms with E-state index in [1.165, 1.54) is 58.8 Å². The summed E-state index contributed by atoms with van der Waals surface area (Å²) in [6, 6.07) is 37.6. The summed E-state index contributed by atoms with van der Waals surface area (Å²) in [5, 5.41) is 5.35. The molecule has 0 aliphatic carbocycles. The van der Waals surface area contributed by atoms with Gasteiger partial charge in [-0.25, -0.2) is 0 Å². The molecular formula is C29H20S. The molecule has 0 amide bonds. The topological polar surface area (TPSA) is 0 Å². The SMILES string of the molecule is Cc1cccc(-c2cccc(-c3cccc4c3sc3c5ccccc5ccc43)c2)c1. The van der Waals surface area contributed by atoms with Crippen LogP contribution in [0.1, 0.15) is 5.56 Å². The minimum absolute atomic E-state index is 1.26. The van der Waals surface area contributed by atoms with E-state index in [0.717, 1.165) is 0 Å². The van der Waals surface area contributed by atoms with Crippen LogP contribution in [0.3, 0.4) is 0 Å². The van der Waals surface area contributed by atoms with Gasteiger partial charge in [-0.05, 0) is 46.0 Å². The van der Waals surface area contributed by atoms with Crippen molar-refractivity contribution >= 4 is 42.3 Å². The first-order chi connectivity index (χ1) is 14.8. The molecule has 0 radical (unpaired) electrons. The van der Waals surface area contributed by atoms with Gasteiger partial charge < -0.3 is 0 Å². The highest BCUT2D eigenvalue weighted by Crippen LogP contribution is 2.43. The third kappa shape index (κ3) is 2.74. The summed E-state index contributed by atoms with van der Waals surface area (Å²) < 4.78 is 2.75. The first kappa shape index (κ1) is 17.4. The maximum absolute atomic E-state index is 2.33. The summed E-state index contributed by atoms with van der Waals surface area (Å²) in [4.78, 5) is 0. The summed E-state index contributed by atoms with van der Waals surface area (Å²) >= 11 is 1.92. The third-order valence-electron chi connectivity index (χ3n) is 5.91. The second-order valence-electron chi connectivity index (χ2n) is 7.90. The van der Waals surface area contributed by atoms with Gasteiger partial charge in [0.2, 0.25) is 0 Å². The van der Waals surface area contributed by atoms with E-state index in [4.69, 9.17) is 0 Å². The number of thiophene rings is 1. The number of rotatable bonds is 2. The van der Waals surface area contributed by atoms with Gasteiger partial charge in [-0.1, -0.05) is 103 Å². The lowest BCUT2D eigenvalue weighted by Gasteiger charge is -2.08. The van der Waals surface area contributed by atoms with Gasteiger partial charge in [0.05, 0.1) is 0 Å². The van der Waals surface area contributed by atoms with Gasteiger partial charge in [-0.15, -0.1) is 11.3 Å². The van der Waals surface area contributed by atoms with Crippen LogP contribution in [0, 0.1) is 6.92 Å². The van der Waals surface area contributed by atoms with Crippen molar-refractivity contribution in [3.05, 3.63) is 109 Å². The van der Waals surface area contributed by atoms with Crippen molar-refractivity contribution in [1.82, 2.24) is 0 Å². The smallest absolute Gasteiger partial charge is 0.0434 e. The van der Waals surface area contributed by atoms with Crippen molar-refractivity contribution < 1.29 is 0 Å². The number of hydrogen-bond acceptors (Lipinski definition) is 1. The fourth-order valence-corrected chi connectivity index (χ4v) is 5.82. The molecule has 0 aliphatic heterocycles. The zero-order valence-electron chi connectivity index (χ0n) is 16.7. The van der Waals surface area contributed by atoms with E-state index in [-0.39, 0.29) is 0 Å². The maximum Gasteiger partial charge on any atom is 0.0434 e. The highest BCUT2D eigenvalue weighted by atomic mass is 32.1. The van der Waals surface area contributed by atoms with Crippen LogP contribution in [-0.4, -0.2) is 0 Å². The first-order valence-electron chi connectivity index (χ1n) is 10.3. The van der Waals surface area contributed by atoms with Gasteiger partial charge in [0.25, 0.3) is 0 Å². The zero-order chi connectivity index (χ0) is 20.1. The standard InChI is InChI=1S/C29H20S/c1-19-7-4-9-21(17-19)22-10-5-11-23(18-22)25-13-6-14-26-27-16-15-20-8-2-3-12-24(20)28(27)30-29(25)26/h2-18H,1H3. The highest BCUT2D eigenvalue weighted by molar-refractivity contribution is 7.27. The molecule has 0 N–H and O–H groups in total. The molecule has 1 aromatic heterocycles. The maximum atomic E-state index is 2.33. The third-order valence-corrected chi connectivity index (χ3v) is 7.20. The molecule has 0 saturated heterocycles. The zero-order valence-corrected chi connectivity index (χ0v) is 17.5. The van der Waals surface area contributed by atoms with Gasteiger partial charge in [0, 0.05) is 20.2 Å². The molecule has 6 rings (SSSR count). The highest BCUT2D eigenvalue weighted by Gasteiger charge is 2.12. The number of benzene rings is 5. The fourth-order valence-electron chi connectivity index (χ4n) is 4.44. The first-order valence-corrected chi connectivity index (χ1v) is 11.1. The Hall–Kier alpha value is -3.42. The Bertz CT molecular complexity index is 1550. The molecule has 0 atom stereocenters. The van der Waals surface area contributed by atoms with Crippen LogP contribution in [0.2, 0.25) is 0 Å². The Morgan fingerprint density at radius 2 is 1.20 bits per heavy atom. The second-order valence-corrected chi connectivity index (χ2v) is 8.92. The van der Waals surface area contributed by atoms with Crippen LogP contribution in [0.4, 0.5) is 0 Å². The average Bonchev–Trinajstić information content (AvgIpc) is 3.18. The summed E-state index contributed by atoms with van der Waals surface area (Å²) in [7, 11) is 0. The lowest BCUT2D eigenvalue weighted by molar-refractivity contribution is 1.47. The molecule has 0 saturated carbocycles. The summed E-state index contributed by atoms with van der Waals surface area (Å²) in [6.45, 7) is 2.15. The van der Waals surface area contributed by atoms with Crippen LogP contribution in [0.15, 0.2) is 103 Å². The van der Waals surface area contributed by atoms with E-state index < -0.39 is 0 Å². The number of aryl methyl sites for hydroxylation is 1. The van der Waals surface area contributed by atoms with Crippen LogP contribution in [0.25, 0.3) is 53.2 Å². The van der Waals surface area contributed by atoms with Gasteiger partial charge in [-0.3, -0.25) is 0 Å². The van der Waals surface area contributed by atoms with E-state index in [0.29, 0.717) is 0 Å². The molecule has 1 heterocycles. The molecule has 0 aliphatic rings. The Morgan fingerprint density at radius 3 is 2.10 bits per heavy atom. The predicted octanol–water partition coefficient (Wildman–Crippen LogP) is 8.85. The Labute approximate surface area is 180 Å². The molecule has 0 unspecified atom stereocenters. The molecule has 6 aromatic rings. The van der Waals surface area contributed by atoms with Crippen LogP contribution in [-0.2, 0) is 0 Å². The molecular weight excluding hydrogens is 380 g/mol. The molecule has 0 nitrogen and oxygen atoms in total. The molecule has 1 heteroatoms. The lowest BCUT2D eigenvalue weighted by Crippen LogP contribution is -1.82. The molecule has 142 valence electrons. The van der Waals surface area contributed by atoms with Crippen molar-refractivity contribution in [2.45, 2.75) is 6.92 Å². The van der Waals surface area contributed by atoms with Crippen molar-refractivity contribution in [1.29, 1.82) is 0 Å². The van der Waals surface area contributed by atoms with Crippen LogP contribution < -0.4 is 0 Å². The summed E-state index contributed by atoms with van der Waals surface area (Å²) in [6.07, 6.45) is 0. The van der Waals surface area contributed by atoms with Gasteiger partial charge >= 0.3 is 0 Å². The van der Waals surface area contributed by atoms with Crippen LogP contribution in [0.5, 0.6) is 0 Å². The van der Waals surface area contributed by atoms with Gasteiger partial charge in [-0.2, -0.15) is 0 Å². The molecule has 30 heavy (non-hydrogen) atoms. The minimum Gasteiger partial charge on any atom is -0.134 e. The van der Waals surface area contributed by atoms with Crippen LogP contribution >= 0.6 is 11.3 Å². The van der Waals surface area contributed by atoms with Crippen molar-refractivity contribution in [2.75, 3.05) is 0 Å². The van der Waals surface area contributed by atoms with Crippen molar-refractivity contribution in [2.24, 2.45) is 0 Å². The van der Waals surface area contributed by atoms with Crippen molar-refractivity contribution in [3.8, 4) is 22.3 Å². The van der Waals surface area contributed by atoms with E-state index in [2.05, 4.69) is 110 Å². The Kier molecular flexibility index (Phi) is 3.97. The molecule has 5 aromatic carbocycles. The predicted molar refractivity (Wildman–Crippen MR) is 132 cm³/mol. The number of hydrogen-bond donors (Lipinski definition) is 0. The Morgan fingerprint density at radius 1 is 0.500 bits per heavy atom. The van der Waals surface area contributed by atoms with E-state index in [1.54, 1.807) is 0 Å². The van der Waals surface area contributed by atoms with Gasteiger partial charge in [0.1, 0.15) is 0 Å². The van der Waals surface area contributed by atoms with Gasteiger partial charge in [0.15, 0.2) is 0 Å². The Balaban J connectivity index is 1.60. The molecule has 0 spiro atoms. The van der Waals surface area contributed by atoms with Crippen molar-refractivity contribution in [3.63, 3.8) is 0 Å². The second kappa shape index (κ2) is 6.83. The van der Waals surface area contributed by atoms with E-state index in [1.807, 2.05) is 11.3 Å². The van der Waals surface area contributed by atoms with E-state index in [9.17, 15) is 0 Å². The summed E-state index contributed by atoms with van der Waals surface area (Å²) in [5.41, 5.74) is 6.41. The normalized spacial score (nSPS) is 11.5. The largest absolute Gasteiger partial charge is 0.134 e. The van der Waals surface area contributed by atoms with E-state index >= 15 is 0 Å². The summed E-state index contributed by atoms with van der Waals surface area (Å²) in [5.74, 6) is 0. The molecule has 0 bridgehead atoms. The fraction of sp³-hybridized carbons (Fsp3) is 0.0345. The minimum atomic E-state index is 1.26.